The molecule has 2 nitrogen and oxygen atoms in total. The molecule has 0 amide bonds. The standard InChI is InChI=1S/C9H16FNO/c10-4-5-11-8-2-1-3-9(11)7-12-6-8/h8-9H,1-7H2. The van der Waals surface area contributed by atoms with Crippen LogP contribution in [0, 0.1) is 0 Å². The molecule has 2 saturated heterocycles. The second-order valence-electron chi connectivity index (χ2n) is 3.70. The molecule has 2 rings (SSSR count). The first-order valence-corrected chi connectivity index (χ1v) is 4.81. The molecule has 2 bridgehead atoms. The smallest absolute Gasteiger partial charge is 0.102 e. The molecule has 2 atom stereocenters. The Morgan fingerprint density at radius 2 is 1.92 bits per heavy atom. The van der Waals surface area contributed by atoms with Crippen molar-refractivity contribution in [1.29, 1.82) is 0 Å². The number of morpholine rings is 1. The van der Waals surface area contributed by atoms with Crippen molar-refractivity contribution in [3.8, 4) is 0 Å². The molecule has 12 heavy (non-hydrogen) atoms. The maximum Gasteiger partial charge on any atom is 0.102 e. The van der Waals surface area contributed by atoms with Gasteiger partial charge in [-0.05, 0) is 12.8 Å². The van der Waals surface area contributed by atoms with E-state index in [4.69, 9.17) is 4.74 Å². The van der Waals surface area contributed by atoms with E-state index in [9.17, 15) is 4.39 Å². The third-order valence-electron chi connectivity index (χ3n) is 2.98. The average Bonchev–Trinajstić information content (AvgIpc) is 2.04. The van der Waals surface area contributed by atoms with E-state index in [1.165, 1.54) is 19.3 Å². The van der Waals surface area contributed by atoms with Crippen molar-refractivity contribution in [2.24, 2.45) is 0 Å². The van der Waals surface area contributed by atoms with Crippen molar-refractivity contribution in [2.45, 2.75) is 31.3 Å². The highest BCUT2D eigenvalue weighted by Crippen LogP contribution is 2.26. The Morgan fingerprint density at radius 3 is 2.50 bits per heavy atom. The van der Waals surface area contributed by atoms with Gasteiger partial charge in [0.2, 0.25) is 0 Å². The van der Waals surface area contributed by atoms with E-state index in [2.05, 4.69) is 4.90 Å². The van der Waals surface area contributed by atoms with E-state index < -0.39 is 0 Å². The van der Waals surface area contributed by atoms with Crippen LogP contribution in [0.2, 0.25) is 0 Å². The third kappa shape index (κ3) is 1.48. The summed E-state index contributed by atoms with van der Waals surface area (Å²) in [6.45, 7) is 2.03. The maximum atomic E-state index is 12.2. The van der Waals surface area contributed by atoms with Crippen LogP contribution in [0.3, 0.4) is 0 Å². The highest BCUT2D eigenvalue weighted by molar-refractivity contribution is 4.87. The van der Waals surface area contributed by atoms with Gasteiger partial charge in [-0.1, -0.05) is 6.42 Å². The number of piperidine rings is 1. The predicted octanol–water partition coefficient (Wildman–Crippen LogP) is 1.21. The fraction of sp³-hybridized carbons (Fsp3) is 1.00. The summed E-state index contributed by atoms with van der Waals surface area (Å²) in [6, 6.07) is 1.02. The van der Waals surface area contributed by atoms with Crippen molar-refractivity contribution in [3.05, 3.63) is 0 Å². The molecule has 2 heterocycles. The highest BCUT2D eigenvalue weighted by Gasteiger charge is 2.33. The van der Waals surface area contributed by atoms with E-state index in [1.54, 1.807) is 0 Å². The summed E-state index contributed by atoms with van der Waals surface area (Å²) in [4.78, 5) is 2.30. The van der Waals surface area contributed by atoms with Crippen LogP contribution >= 0.6 is 0 Å². The van der Waals surface area contributed by atoms with Crippen LogP contribution in [-0.2, 0) is 4.74 Å². The second kappa shape index (κ2) is 3.71. The van der Waals surface area contributed by atoms with Gasteiger partial charge in [0.1, 0.15) is 6.67 Å². The molecule has 0 N–H and O–H groups in total. The summed E-state index contributed by atoms with van der Waals surface area (Å²) in [5.74, 6) is 0. The number of hydrogen-bond acceptors (Lipinski definition) is 2. The van der Waals surface area contributed by atoms with Crippen LogP contribution in [0.15, 0.2) is 0 Å². The van der Waals surface area contributed by atoms with Gasteiger partial charge in [-0.2, -0.15) is 0 Å². The molecule has 0 aromatic rings. The van der Waals surface area contributed by atoms with Gasteiger partial charge in [0, 0.05) is 18.6 Å². The first-order valence-electron chi connectivity index (χ1n) is 4.81. The van der Waals surface area contributed by atoms with Gasteiger partial charge < -0.3 is 4.74 Å². The average molecular weight is 173 g/mol. The molecule has 2 aliphatic rings. The van der Waals surface area contributed by atoms with E-state index in [0.29, 0.717) is 18.6 Å². The molecular formula is C9H16FNO. The van der Waals surface area contributed by atoms with Gasteiger partial charge >= 0.3 is 0 Å². The zero-order chi connectivity index (χ0) is 8.39. The van der Waals surface area contributed by atoms with E-state index in [1.807, 2.05) is 0 Å². The first kappa shape index (κ1) is 8.45. The zero-order valence-corrected chi connectivity index (χ0v) is 7.34. The lowest BCUT2D eigenvalue weighted by Crippen LogP contribution is -2.55. The minimum Gasteiger partial charge on any atom is -0.378 e. The Morgan fingerprint density at radius 1 is 1.25 bits per heavy atom. The number of alkyl halides is 1. The van der Waals surface area contributed by atoms with Crippen LogP contribution in [0.1, 0.15) is 19.3 Å². The summed E-state index contributed by atoms with van der Waals surface area (Å²) in [7, 11) is 0. The largest absolute Gasteiger partial charge is 0.378 e. The molecule has 70 valence electrons. The first-order chi connectivity index (χ1) is 5.92. The fourth-order valence-corrected chi connectivity index (χ4v) is 2.38. The molecule has 0 radical (unpaired) electrons. The Hall–Kier alpha value is -0.150. The normalized spacial score (nSPS) is 36.8. The summed E-state index contributed by atoms with van der Waals surface area (Å²) in [5.41, 5.74) is 0. The molecule has 0 aromatic carbocycles. The Balaban J connectivity index is 1.98. The lowest BCUT2D eigenvalue weighted by atomic mass is 9.94. The van der Waals surface area contributed by atoms with Crippen LogP contribution in [0.5, 0.6) is 0 Å². The number of hydrogen-bond donors (Lipinski definition) is 0. The molecule has 0 saturated carbocycles. The SMILES string of the molecule is FCCN1C2CCCC1COC2. The molecule has 2 fully saturated rings. The van der Waals surface area contributed by atoms with Crippen molar-refractivity contribution in [1.82, 2.24) is 4.90 Å². The Bertz CT molecular complexity index is 131. The lowest BCUT2D eigenvalue weighted by molar-refractivity contribution is -0.0744. The highest BCUT2D eigenvalue weighted by atomic mass is 19.1. The second-order valence-corrected chi connectivity index (χ2v) is 3.70. The number of nitrogens with zero attached hydrogens (tertiary/aromatic N) is 1. The lowest BCUT2D eigenvalue weighted by Gasteiger charge is -2.45. The molecule has 2 unspecified atom stereocenters. The number of rotatable bonds is 2. The van der Waals surface area contributed by atoms with E-state index in [0.717, 1.165) is 13.2 Å². The van der Waals surface area contributed by atoms with Gasteiger partial charge in [0.15, 0.2) is 0 Å². The molecule has 0 aliphatic carbocycles. The van der Waals surface area contributed by atoms with Crippen LogP contribution in [-0.4, -0.2) is 43.4 Å². The van der Waals surface area contributed by atoms with E-state index >= 15 is 0 Å². The summed E-state index contributed by atoms with van der Waals surface area (Å²) in [5, 5.41) is 0. The van der Waals surface area contributed by atoms with Gasteiger partial charge in [-0.3, -0.25) is 4.90 Å². The number of halogens is 1. The molecule has 3 heteroatoms. The fourth-order valence-electron chi connectivity index (χ4n) is 2.38. The van der Waals surface area contributed by atoms with Gasteiger partial charge in [0.25, 0.3) is 0 Å². The van der Waals surface area contributed by atoms with E-state index in [-0.39, 0.29) is 6.67 Å². The molecular weight excluding hydrogens is 157 g/mol. The van der Waals surface area contributed by atoms with Crippen LogP contribution in [0.25, 0.3) is 0 Å². The van der Waals surface area contributed by atoms with Crippen molar-refractivity contribution in [2.75, 3.05) is 26.4 Å². The quantitative estimate of drug-likeness (QED) is 0.622. The Labute approximate surface area is 72.7 Å². The molecule has 2 aliphatic heterocycles. The van der Waals surface area contributed by atoms with Gasteiger partial charge in [-0.25, -0.2) is 4.39 Å². The Kier molecular flexibility index (Phi) is 2.61. The number of fused-ring (bicyclic) bond motifs is 2. The maximum absolute atomic E-state index is 12.2. The summed E-state index contributed by atoms with van der Waals surface area (Å²) < 4.78 is 17.7. The van der Waals surface area contributed by atoms with Crippen LogP contribution in [0.4, 0.5) is 4.39 Å². The zero-order valence-electron chi connectivity index (χ0n) is 7.34. The molecule has 0 aromatic heterocycles. The van der Waals surface area contributed by atoms with Gasteiger partial charge in [-0.15, -0.1) is 0 Å². The predicted molar refractivity (Wildman–Crippen MR) is 44.9 cm³/mol. The number of ether oxygens (including phenoxy) is 1. The van der Waals surface area contributed by atoms with Gasteiger partial charge in [0.05, 0.1) is 13.2 Å². The minimum absolute atomic E-state index is 0.215. The summed E-state index contributed by atoms with van der Waals surface area (Å²) >= 11 is 0. The van der Waals surface area contributed by atoms with Crippen molar-refractivity contribution < 1.29 is 9.13 Å². The van der Waals surface area contributed by atoms with Crippen molar-refractivity contribution in [3.63, 3.8) is 0 Å². The minimum atomic E-state index is -0.215. The summed E-state index contributed by atoms with van der Waals surface area (Å²) in [6.07, 6.45) is 3.68. The monoisotopic (exact) mass is 173 g/mol. The van der Waals surface area contributed by atoms with Crippen molar-refractivity contribution >= 4 is 0 Å². The van der Waals surface area contributed by atoms with Crippen LogP contribution < -0.4 is 0 Å². The molecule has 0 spiro atoms. The third-order valence-corrected chi connectivity index (χ3v) is 2.98. The topological polar surface area (TPSA) is 12.5 Å².